The van der Waals surface area contributed by atoms with E-state index in [4.69, 9.17) is 0 Å². The summed E-state index contributed by atoms with van der Waals surface area (Å²) in [5.74, 6) is 0. The molecule has 2 aromatic heterocycles. The average Bonchev–Trinajstić information content (AvgIpc) is 2.84. The van der Waals surface area contributed by atoms with Gasteiger partial charge in [0.1, 0.15) is 5.56 Å². The van der Waals surface area contributed by atoms with Gasteiger partial charge >= 0.3 is 6.18 Å². The fraction of sp³-hybridized carbons (Fsp3) is 0.143. The van der Waals surface area contributed by atoms with Crippen molar-refractivity contribution in [2.24, 2.45) is 0 Å². The van der Waals surface area contributed by atoms with Crippen LogP contribution in [0.15, 0.2) is 41.5 Å². The van der Waals surface area contributed by atoms with Gasteiger partial charge in [-0.2, -0.15) is 18.3 Å². The number of aromatic amines is 1. The lowest BCUT2D eigenvalue weighted by molar-refractivity contribution is -0.138. The lowest BCUT2D eigenvalue weighted by atomic mass is 10.2. The van der Waals surface area contributed by atoms with Crippen LogP contribution < -0.4 is 5.56 Å². The molecule has 3 aromatic rings. The first-order chi connectivity index (χ1) is 10.4. The van der Waals surface area contributed by atoms with Gasteiger partial charge in [0.25, 0.3) is 5.56 Å². The Kier molecular flexibility index (Phi) is 3.25. The van der Waals surface area contributed by atoms with Gasteiger partial charge in [-0.05, 0) is 0 Å². The van der Waals surface area contributed by atoms with Crippen LogP contribution >= 0.6 is 0 Å². The molecule has 2 heterocycles. The normalized spacial score (nSPS) is 12.0. The molecule has 0 saturated heterocycles. The number of aliphatic hydroxyl groups excluding tert-OH is 1. The monoisotopic (exact) mass is 309 g/mol. The van der Waals surface area contributed by atoms with Crippen molar-refractivity contribution in [3.8, 4) is 5.69 Å². The van der Waals surface area contributed by atoms with Gasteiger partial charge in [0.2, 0.25) is 0 Å². The van der Waals surface area contributed by atoms with E-state index in [1.54, 1.807) is 29.4 Å². The molecular formula is C14H10F3N3O2. The number of aromatic nitrogens is 3. The first kappa shape index (κ1) is 14.3. The summed E-state index contributed by atoms with van der Waals surface area (Å²) in [5, 5.41) is 16.0. The SMILES string of the molecule is O=c1[nH]ncc(-n2cc3ccccc3c2CO)c1C(F)(F)F. The minimum Gasteiger partial charge on any atom is -0.390 e. The fourth-order valence-corrected chi connectivity index (χ4v) is 2.44. The number of benzene rings is 1. The highest BCUT2D eigenvalue weighted by Gasteiger charge is 2.38. The minimum atomic E-state index is -4.84. The van der Waals surface area contributed by atoms with Crippen LogP contribution in [-0.4, -0.2) is 19.9 Å². The van der Waals surface area contributed by atoms with E-state index in [1.165, 1.54) is 6.20 Å². The molecule has 0 spiro atoms. The van der Waals surface area contributed by atoms with E-state index in [2.05, 4.69) is 5.10 Å². The highest BCUT2D eigenvalue weighted by Crippen LogP contribution is 2.33. The van der Waals surface area contributed by atoms with Gasteiger partial charge in [0, 0.05) is 17.0 Å². The molecule has 0 amide bonds. The smallest absolute Gasteiger partial charge is 0.390 e. The molecule has 0 aliphatic heterocycles. The molecule has 5 nitrogen and oxygen atoms in total. The molecule has 0 unspecified atom stereocenters. The summed E-state index contributed by atoms with van der Waals surface area (Å²) in [6.45, 7) is -0.475. The number of fused-ring (bicyclic) bond motifs is 1. The van der Waals surface area contributed by atoms with Crippen molar-refractivity contribution >= 4 is 10.8 Å². The summed E-state index contributed by atoms with van der Waals surface area (Å²) < 4.78 is 40.6. The van der Waals surface area contributed by atoms with E-state index < -0.39 is 29.6 Å². The van der Waals surface area contributed by atoms with E-state index >= 15 is 0 Å². The van der Waals surface area contributed by atoms with Crippen molar-refractivity contribution in [3.05, 3.63) is 58.3 Å². The van der Waals surface area contributed by atoms with Crippen LogP contribution in [0.25, 0.3) is 16.5 Å². The molecule has 0 aliphatic rings. The van der Waals surface area contributed by atoms with Gasteiger partial charge < -0.3 is 9.67 Å². The maximum atomic E-state index is 13.2. The number of nitrogens with one attached hydrogen (secondary N) is 1. The topological polar surface area (TPSA) is 70.9 Å². The molecule has 0 radical (unpaired) electrons. The standard InChI is InChI=1S/C14H10F3N3O2/c15-14(16,17)12-10(5-18-19-13(12)22)20-6-8-3-1-2-4-9(8)11(20)7-21/h1-6,21H,7H2,(H,19,22). The third-order valence-electron chi connectivity index (χ3n) is 3.36. The van der Waals surface area contributed by atoms with Crippen LogP contribution in [-0.2, 0) is 12.8 Å². The number of halogens is 3. The molecule has 2 N–H and O–H groups in total. The number of hydrogen-bond donors (Lipinski definition) is 2. The molecule has 0 saturated carbocycles. The molecule has 3 rings (SSSR count). The Morgan fingerprint density at radius 1 is 1.27 bits per heavy atom. The second-order valence-corrected chi connectivity index (χ2v) is 4.65. The largest absolute Gasteiger partial charge is 0.423 e. The maximum absolute atomic E-state index is 13.2. The van der Waals surface area contributed by atoms with Crippen LogP contribution in [0.2, 0.25) is 0 Å². The van der Waals surface area contributed by atoms with E-state index in [0.717, 1.165) is 10.8 Å². The average molecular weight is 309 g/mol. The van der Waals surface area contributed by atoms with Gasteiger partial charge in [0.05, 0.1) is 24.2 Å². The number of aliphatic hydroxyl groups is 1. The summed E-state index contributed by atoms with van der Waals surface area (Å²) in [6, 6.07) is 6.84. The molecule has 0 aliphatic carbocycles. The van der Waals surface area contributed by atoms with Gasteiger partial charge in [-0.25, -0.2) is 5.10 Å². The molecule has 22 heavy (non-hydrogen) atoms. The highest BCUT2D eigenvalue weighted by atomic mass is 19.4. The first-order valence-corrected chi connectivity index (χ1v) is 6.28. The van der Waals surface area contributed by atoms with Crippen LogP contribution in [0.5, 0.6) is 0 Å². The van der Waals surface area contributed by atoms with Crippen molar-refractivity contribution < 1.29 is 18.3 Å². The molecule has 8 heteroatoms. The highest BCUT2D eigenvalue weighted by molar-refractivity contribution is 5.86. The second-order valence-electron chi connectivity index (χ2n) is 4.65. The summed E-state index contributed by atoms with van der Waals surface area (Å²) in [7, 11) is 0. The fourth-order valence-electron chi connectivity index (χ4n) is 2.44. The number of rotatable bonds is 2. The second kappa shape index (κ2) is 4.99. The number of nitrogens with zero attached hydrogens (tertiary/aromatic N) is 2. The van der Waals surface area contributed by atoms with Gasteiger partial charge in [-0.1, -0.05) is 24.3 Å². The summed E-state index contributed by atoms with van der Waals surface area (Å²) in [5.41, 5.74) is -2.84. The zero-order valence-corrected chi connectivity index (χ0v) is 11.1. The Bertz CT molecular complexity index is 896. The predicted octanol–water partition coefficient (Wildman–Crippen LogP) is 2.22. The van der Waals surface area contributed by atoms with E-state index in [0.29, 0.717) is 10.8 Å². The summed E-state index contributed by atoms with van der Waals surface area (Å²) >= 11 is 0. The number of alkyl halides is 3. The Labute approximate surface area is 121 Å². The molecule has 1 aromatic carbocycles. The summed E-state index contributed by atoms with van der Waals surface area (Å²) in [4.78, 5) is 11.6. The number of H-pyrrole nitrogens is 1. The van der Waals surface area contributed by atoms with Crippen LogP contribution in [0.3, 0.4) is 0 Å². The third-order valence-corrected chi connectivity index (χ3v) is 3.36. The van der Waals surface area contributed by atoms with Gasteiger partial charge in [-0.3, -0.25) is 4.79 Å². The zero-order chi connectivity index (χ0) is 15.9. The predicted molar refractivity (Wildman–Crippen MR) is 72.6 cm³/mol. The van der Waals surface area contributed by atoms with E-state index in [1.807, 2.05) is 0 Å². The molecule has 0 atom stereocenters. The van der Waals surface area contributed by atoms with Crippen LogP contribution in [0.1, 0.15) is 11.3 Å². The van der Waals surface area contributed by atoms with Crippen molar-refractivity contribution in [1.82, 2.24) is 14.8 Å². The maximum Gasteiger partial charge on any atom is 0.423 e. The molecule has 0 fully saturated rings. The Hall–Kier alpha value is -2.61. The van der Waals surface area contributed by atoms with Crippen molar-refractivity contribution in [3.63, 3.8) is 0 Å². The van der Waals surface area contributed by atoms with Crippen LogP contribution in [0.4, 0.5) is 13.2 Å². The third kappa shape index (κ3) is 2.17. The van der Waals surface area contributed by atoms with Crippen molar-refractivity contribution in [1.29, 1.82) is 0 Å². The quantitative estimate of drug-likeness (QED) is 0.762. The Balaban J connectivity index is 2.38. The Morgan fingerprint density at radius 3 is 2.68 bits per heavy atom. The minimum absolute atomic E-state index is 0.258. The van der Waals surface area contributed by atoms with E-state index in [-0.39, 0.29) is 5.69 Å². The van der Waals surface area contributed by atoms with Crippen molar-refractivity contribution in [2.75, 3.05) is 0 Å². The van der Waals surface area contributed by atoms with Gasteiger partial charge in [0.15, 0.2) is 0 Å². The van der Waals surface area contributed by atoms with Gasteiger partial charge in [-0.15, -0.1) is 0 Å². The lowest BCUT2D eigenvalue weighted by Gasteiger charge is -2.13. The molecule has 0 bridgehead atoms. The zero-order valence-electron chi connectivity index (χ0n) is 11.1. The van der Waals surface area contributed by atoms with Crippen LogP contribution in [0, 0.1) is 0 Å². The van der Waals surface area contributed by atoms with E-state index in [9.17, 15) is 23.1 Å². The number of hydrogen-bond acceptors (Lipinski definition) is 3. The summed E-state index contributed by atoms with van der Waals surface area (Å²) in [6.07, 6.45) is -2.48. The first-order valence-electron chi connectivity index (χ1n) is 6.28. The molecule has 114 valence electrons. The Morgan fingerprint density at radius 2 is 2.00 bits per heavy atom. The molecular weight excluding hydrogens is 299 g/mol. The lowest BCUT2D eigenvalue weighted by Crippen LogP contribution is -2.25. The van der Waals surface area contributed by atoms with Crippen molar-refractivity contribution in [2.45, 2.75) is 12.8 Å².